The highest BCUT2D eigenvalue weighted by Crippen LogP contribution is 2.66. The quantitative estimate of drug-likeness (QED) is 0.831. The number of ether oxygens (including phenoxy) is 2. The van der Waals surface area contributed by atoms with Crippen LogP contribution in [0.2, 0.25) is 0 Å². The van der Waals surface area contributed by atoms with E-state index in [0.29, 0.717) is 17.6 Å². The van der Waals surface area contributed by atoms with Gasteiger partial charge in [-0.15, -0.1) is 0 Å². The van der Waals surface area contributed by atoms with Crippen LogP contribution in [0.1, 0.15) is 44.1 Å². The number of fused-ring (bicyclic) bond motifs is 1. The second kappa shape index (κ2) is 5.76. The number of carbonyl (C=O) groups is 1. The molecule has 7 rings (SSSR count). The summed E-state index contributed by atoms with van der Waals surface area (Å²) in [6.45, 7) is 0.250. The minimum absolute atomic E-state index is 0.178. The summed E-state index contributed by atoms with van der Waals surface area (Å²) in [7, 11) is 0. The van der Waals surface area contributed by atoms with E-state index in [1.807, 2.05) is 18.2 Å². The molecule has 2 unspecified atom stereocenters. The predicted molar refractivity (Wildman–Crippen MR) is 106 cm³/mol. The van der Waals surface area contributed by atoms with Crippen molar-refractivity contribution in [3.05, 3.63) is 54.1 Å². The summed E-state index contributed by atoms with van der Waals surface area (Å²) < 4.78 is 10.9. The normalized spacial score (nSPS) is 34.4. The van der Waals surface area contributed by atoms with Gasteiger partial charge in [0.1, 0.15) is 0 Å². The Balaban J connectivity index is 1.31. The van der Waals surface area contributed by atoms with E-state index in [0.717, 1.165) is 30.7 Å². The van der Waals surface area contributed by atoms with E-state index in [4.69, 9.17) is 9.47 Å². The topological polar surface area (TPSA) is 47.6 Å². The Morgan fingerprint density at radius 1 is 0.929 bits per heavy atom. The van der Waals surface area contributed by atoms with Gasteiger partial charge in [-0.2, -0.15) is 0 Å². The van der Waals surface area contributed by atoms with E-state index in [1.54, 1.807) is 0 Å². The third kappa shape index (κ3) is 2.40. The lowest BCUT2D eigenvalue weighted by Gasteiger charge is -2.61. The van der Waals surface area contributed by atoms with Gasteiger partial charge in [-0.25, -0.2) is 0 Å². The zero-order chi connectivity index (χ0) is 18.8. The molecular weight excluding hydrogens is 350 g/mol. The van der Waals surface area contributed by atoms with Crippen molar-refractivity contribution in [2.24, 2.45) is 17.3 Å². The molecule has 2 aromatic carbocycles. The third-order valence-electron chi connectivity index (χ3n) is 7.56. The van der Waals surface area contributed by atoms with Crippen molar-refractivity contribution in [1.29, 1.82) is 0 Å². The van der Waals surface area contributed by atoms with Crippen LogP contribution in [0.4, 0.5) is 5.69 Å². The maximum Gasteiger partial charge on any atom is 0.231 e. The molecule has 1 heterocycles. The fraction of sp³-hybridized carbons (Fsp3) is 0.458. The van der Waals surface area contributed by atoms with Gasteiger partial charge in [-0.05, 0) is 73.5 Å². The zero-order valence-corrected chi connectivity index (χ0v) is 15.9. The van der Waals surface area contributed by atoms with E-state index >= 15 is 0 Å². The molecule has 4 aliphatic carbocycles. The monoisotopic (exact) mass is 375 g/mol. The molecule has 2 aromatic rings. The van der Waals surface area contributed by atoms with Crippen LogP contribution in [0.3, 0.4) is 0 Å². The first-order valence-corrected chi connectivity index (χ1v) is 10.4. The second-order valence-electron chi connectivity index (χ2n) is 9.41. The Labute approximate surface area is 165 Å². The molecule has 4 bridgehead atoms. The molecule has 4 fully saturated rings. The Morgan fingerprint density at radius 2 is 1.68 bits per heavy atom. The van der Waals surface area contributed by atoms with Crippen molar-refractivity contribution in [3.63, 3.8) is 0 Å². The average Bonchev–Trinajstić information content (AvgIpc) is 3.15. The van der Waals surface area contributed by atoms with Gasteiger partial charge >= 0.3 is 0 Å². The van der Waals surface area contributed by atoms with Gasteiger partial charge in [-0.3, -0.25) is 4.79 Å². The summed E-state index contributed by atoms with van der Waals surface area (Å²) in [5, 5.41) is 3.22. The van der Waals surface area contributed by atoms with Crippen molar-refractivity contribution in [3.8, 4) is 11.5 Å². The number of hydrogen-bond donors (Lipinski definition) is 1. The van der Waals surface area contributed by atoms with E-state index < -0.39 is 0 Å². The van der Waals surface area contributed by atoms with Crippen molar-refractivity contribution in [2.45, 2.75) is 43.9 Å². The molecule has 28 heavy (non-hydrogen) atoms. The van der Waals surface area contributed by atoms with Crippen molar-refractivity contribution in [2.75, 3.05) is 12.1 Å². The van der Waals surface area contributed by atoms with Crippen LogP contribution in [-0.4, -0.2) is 12.7 Å². The Morgan fingerprint density at radius 3 is 2.46 bits per heavy atom. The standard InChI is InChI=1S/C24H25NO3/c26-22(25-19-6-7-20-21(9-19)28-15-27-20)24-12-16-8-17(13-24)11-23(10-16,14-24)18-4-2-1-3-5-18/h1-7,9,16-17H,8,10-15H2,(H,25,26). The Hall–Kier alpha value is -2.49. The lowest BCUT2D eigenvalue weighted by atomic mass is 9.42. The highest BCUT2D eigenvalue weighted by atomic mass is 16.7. The van der Waals surface area contributed by atoms with Crippen LogP contribution >= 0.6 is 0 Å². The molecule has 4 nitrogen and oxygen atoms in total. The maximum absolute atomic E-state index is 13.6. The smallest absolute Gasteiger partial charge is 0.231 e. The Bertz CT molecular complexity index is 924. The fourth-order valence-corrected chi connectivity index (χ4v) is 6.90. The van der Waals surface area contributed by atoms with Gasteiger partial charge in [0.25, 0.3) is 0 Å². The van der Waals surface area contributed by atoms with Crippen LogP contribution in [0, 0.1) is 17.3 Å². The number of rotatable bonds is 3. The summed E-state index contributed by atoms with van der Waals surface area (Å²) in [5.74, 6) is 2.99. The van der Waals surface area contributed by atoms with Crippen LogP contribution in [0.25, 0.3) is 0 Å². The number of nitrogens with one attached hydrogen (secondary N) is 1. The molecule has 0 radical (unpaired) electrons. The summed E-state index contributed by atoms with van der Waals surface area (Å²) in [4.78, 5) is 13.6. The van der Waals surface area contributed by atoms with Crippen LogP contribution in [-0.2, 0) is 10.2 Å². The summed E-state index contributed by atoms with van der Waals surface area (Å²) in [6, 6.07) is 16.6. The van der Waals surface area contributed by atoms with E-state index in [-0.39, 0.29) is 23.5 Å². The lowest BCUT2D eigenvalue weighted by molar-refractivity contribution is -0.143. The number of amides is 1. The first kappa shape index (κ1) is 16.5. The first-order chi connectivity index (χ1) is 13.6. The number of carbonyl (C=O) groups excluding carboxylic acids is 1. The van der Waals surface area contributed by atoms with Crippen molar-refractivity contribution < 1.29 is 14.3 Å². The summed E-state index contributed by atoms with van der Waals surface area (Å²) >= 11 is 0. The second-order valence-corrected chi connectivity index (χ2v) is 9.41. The predicted octanol–water partition coefficient (Wildman–Crippen LogP) is 4.89. The molecule has 4 saturated carbocycles. The molecule has 0 spiro atoms. The summed E-state index contributed by atoms with van der Waals surface area (Å²) in [5.41, 5.74) is 2.18. The lowest BCUT2D eigenvalue weighted by Crippen LogP contribution is -2.57. The van der Waals surface area contributed by atoms with Gasteiger partial charge in [-0.1, -0.05) is 30.3 Å². The van der Waals surface area contributed by atoms with E-state index in [1.165, 1.54) is 24.8 Å². The molecule has 1 N–H and O–H groups in total. The first-order valence-electron chi connectivity index (χ1n) is 10.4. The van der Waals surface area contributed by atoms with E-state index in [9.17, 15) is 4.79 Å². The van der Waals surface area contributed by atoms with Crippen LogP contribution in [0.5, 0.6) is 11.5 Å². The number of benzene rings is 2. The van der Waals surface area contributed by atoms with Gasteiger partial charge in [0.15, 0.2) is 11.5 Å². The molecule has 4 heteroatoms. The SMILES string of the molecule is O=C(Nc1ccc2c(c1)OCO2)C12CC3CC(C1)CC(c1ccccc1)(C3)C2. The van der Waals surface area contributed by atoms with Crippen molar-refractivity contribution in [1.82, 2.24) is 0 Å². The molecule has 2 atom stereocenters. The largest absolute Gasteiger partial charge is 0.454 e. The molecule has 0 aromatic heterocycles. The highest BCUT2D eigenvalue weighted by Gasteiger charge is 2.60. The zero-order valence-electron chi connectivity index (χ0n) is 15.9. The van der Waals surface area contributed by atoms with Gasteiger partial charge < -0.3 is 14.8 Å². The molecule has 144 valence electrons. The molecule has 5 aliphatic rings. The van der Waals surface area contributed by atoms with E-state index in [2.05, 4.69) is 35.6 Å². The maximum atomic E-state index is 13.6. The minimum atomic E-state index is -0.240. The summed E-state index contributed by atoms with van der Waals surface area (Å²) in [6.07, 6.45) is 6.84. The third-order valence-corrected chi connectivity index (χ3v) is 7.56. The van der Waals surface area contributed by atoms with Crippen LogP contribution in [0.15, 0.2) is 48.5 Å². The molecular formula is C24H25NO3. The minimum Gasteiger partial charge on any atom is -0.454 e. The van der Waals surface area contributed by atoms with Crippen LogP contribution < -0.4 is 14.8 Å². The van der Waals surface area contributed by atoms with Crippen molar-refractivity contribution >= 4 is 11.6 Å². The molecule has 1 aliphatic heterocycles. The Kier molecular flexibility index (Phi) is 3.38. The van der Waals surface area contributed by atoms with Gasteiger partial charge in [0, 0.05) is 11.8 Å². The molecule has 1 amide bonds. The highest BCUT2D eigenvalue weighted by molar-refractivity contribution is 5.96. The van der Waals surface area contributed by atoms with Gasteiger partial charge in [0.2, 0.25) is 12.7 Å². The average molecular weight is 375 g/mol. The van der Waals surface area contributed by atoms with Gasteiger partial charge in [0.05, 0.1) is 5.41 Å². The fourth-order valence-electron chi connectivity index (χ4n) is 6.90. The number of anilines is 1. The number of hydrogen-bond acceptors (Lipinski definition) is 3. The molecule has 0 saturated heterocycles.